The van der Waals surface area contributed by atoms with Gasteiger partial charge in [-0.2, -0.15) is 0 Å². The number of carbonyl (C=O) groups excluding carboxylic acids is 3. The third-order valence-electron chi connectivity index (χ3n) is 8.59. The van der Waals surface area contributed by atoms with E-state index in [1.54, 1.807) is 11.0 Å². The summed E-state index contributed by atoms with van der Waals surface area (Å²) in [6, 6.07) is 14.8. The van der Waals surface area contributed by atoms with Crippen LogP contribution in [0.1, 0.15) is 44.2 Å². The van der Waals surface area contributed by atoms with Crippen LogP contribution in [0, 0.1) is 0 Å². The number of nitrogens with one attached hydrogen (secondary N) is 2. The van der Waals surface area contributed by atoms with E-state index in [1.807, 2.05) is 73.2 Å². The van der Waals surface area contributed by atoms with Gasteiger partial charge in [-0.1, -0.05) is 48.0 Å². The molecule has 0 aromatic heterocycles. The van der Waals surface area contributed by atoms with E-state index < -0.39 is 11.5 Å². The van der Waals surface area contributed by atoms with Gasteiger partial charge in [-0.15, -0.1) is 0 Å². The van der Waals surface area contributed by atoms with Gasteiger partial charge in [-0.05, 0) is 63.4 Å². The SMILES string of the molecule is CN[C@H]1CCN(C(=O)N[C@@H](Cc2ccccc2Cl)C(=O)N2CCC(N3C(=O)C(C)(C)c4ccccc43)CC2)C1. The summed E-state index contributed by atoms with van der Waals surface area (Å²) in [6.07, 6.45) is 2.57. The molecule has 3 aliphatic rings. The Kier molecular flexibility index (Phi) is 7.87. The molecule has 2 N–H and O–H groups in total. The second kappa shape index (κ2) is 11.2. The molecule has 0 bridgehead atoms. The number of nitrogens with zero attached hydrogens (tertiary/aromatic N) is 3. The molecule has 0 unspecified atom stereocenters. The average molecular weight is 552 g/mol. The third-order valence-corrected chi connectivity index (χ3v) is 8.96. The lowest BCUT2D eigenvalue weighted by molar-refractivity contribution is -0.134. The molecule has 0 radical (unpaired) electrons. The van der Waals surface area contributed by atoms with E-state index in [0.29, 0.717) is 50.5 Å². The fraction of sp³-hybridized carbons (Fsp3) is 0.500. The summed E-state index contributed by atoms with van der Waals surface area (Å²) >= 11 is 6.44. The summed E-state index contributed by atoms with van der Waals surface area (Å²) in [5, 5.41) is 6.82. The van der Waals surface area contributed by atoms with E-state index in [-0.39, 0.29) is 29.9 Å². The van der Waals surface area contributed by atoms with Crippen molar-refractivity contribution in [3.8, 4) is 0 Å². The van der Waals surface area contributed by atoms with Gasteiger partial charge >= 0.3 is 6.03 Å². The largest absolute Gasteiger partial charge is 0.341 e. The van der Waals surface area contributed by atoms with Gasteiger partial charge in [0.25, 0.3) is 0 Å². The lowest BCUT2D eigenvalue weighted by atomic mass is 9.86. The van der Waals surface area contributed by atoms with Gasteiger partial charge in [0.1, 0.15) is 6.04 Å². The van der Waals surface area contributed by atoms with Crippen molar-refractivity contribution in [1.82, 2.24) is 20.4 Å². The van der Waals surface area contributed by atoms with Crippen LogP contribution < -0.4 is 15.5 Å². The number of hydrogen-bond donors (Lipinski definition) is 2. The summed E-state index contributed by atoms with van der Waals surface area (Å²) in [6.45, 7) is 6.27. The van der Waals surface area contributed by atoms with Gasteiger partial charge in [-0.25, -0.2) is 4.79 Å². The summed E-state index contributed by atoms with van der Waals surface area (Å²) in [5.41, 5.74) is 2.30. The highest BCUT2D eigenvalue weighted by Gasteiger charge is 2.47. The first-order chi connectivity index (χ1) is 18.7. The lowest BCUT2D eigenvalue weighted by Gasteiger charge is -2.39. The van der Waals surface area contributed by atoms with Crippen molar-refractivity contribution in [2.24, 2.45) is 0 Å². The van der Waals surface area contributed by atoms with Crippen molar-refractivity contribution >= 4 is 35.1 Å². The molecule has 2 aromatic rings. The van der Waals surface area contributed by atoms with E-state index in [1.165, 1.54) is 0 Å². The normalized spacial score (nSPS) is 21.7. The van der Waals surface area contributed by atoms with E-state index in [2.05, 4.69) is 10.6 Å². The fourth-order valence-corrected chi connectivity index (χ4v) is 6.38. The Bertz CT molecular complexity index is 1240. The molecule has 8 nitrogen and oxygen atoms in total. The highest BCUT2D eigenvalue weighted by molar-refractivity contribution is 6.31. The van der Waals surface area contributed by atoms with Crippen LogP contribution >= 0.6 is 11.6 Å². The minimum Gasteiger partial charge on any atom is -0.341 e. The predicted molar refractivity (Wildman–Crippen MR) is 153 cm³/mol. The van der Waals surface area contributed by atoms with Crippen molar-refractivity contribution in [2.75, 3.05) is 38.1 Å². The highest BCUT2D eigenvalue weighted by atomic mass is 35.5. The number of urea groups is 1. The van der Waals surface area contributed by atoms with Gasteiger partial charge in [0, 0.05) is 55.4 Å². The molecule has 3 aliphatic heterocycles. The molecule has 0 saturated carbocycles. The number of hydrogen-bond acceptors (Lipinski definition) is 4. The van der Waals surface area contributed by atoms with Crippen molar-refractivity contribution in [3.63, 3.8) is 0 Å². The minimum atomic E-state index is -0.726. The monoisotopic (exact) mass is 551 g/mol. The van der Waals surface area contributed by atoms with Crippen molar-refractivity contribution in [3.05, 3.63) is 64.7 Å². The van der Waals surface area contributed by atoms with Crippen LogP contribution in [0.2, 0.25) is 5.02 Å². The zero-order valence-electron chi connectivity index (χ0n) is 23.0. The molecule has 2 fully saturated rings. The molecule has 9 heteroatoms. The predicted octanol–water partition coefficient (Wildman–Crippen LogP) is 3.57. The number of amides is 4. The van der Waals surface area contributed by atoms with E-state index in [9.17, 15) is 14.4 Å². The second-order valence-electron chi connectivity index (χ2n) is 11.4. The van der Waals surface area contributed by atoms with Crippen molar-refractivity contribution in [1.29, 1.82) is 0 Å². The van der Waals surface area contributed by atoms with Gasteiger partial charge in [0.05, 0.1) is 5.41 Å². The number of likely N-dealkylation sites (N-methyl/N-ethyl adjacent to an activating group) is 1. The van der Waals surface area contributed by atoms with Crippen LogP contribution in [0.3, 0.4) is 0 Å². The average Bonchev–Trinajstić information content (AvgIpc) is 3.50. The van der Waals surface area contributed by atoms with E-state index in [4.69, 9.17) is 11.6 Å². The summed E-state index contributed by atoms with van der Waals surface area (Å²) in [5.74, 6) is 0.00221. The first-order valence-corrected chi connectivity index (χ1v) is 14.3. The number of para-hydroxylation sites is 1. The lowest BCUT2D eigenvalue weighted by Crippen LogP contribution is -2.56. The molecule has 5 rings (SSSR count). The van der Waals surface area contributed by atoms with Gasteiger partial charge in [0.2, 0.25) is 11.8 Å². The standard InChI is InChI=1S/C30H38ClN5O3/c1-30(2)23-9-5-7-11-26(23)36(28(30)38)22-13-16-34(17-14-22)27(37)25(18-20-8-4-6-10-24(20)31)33-29(39)35-15-12-21(19-35)32-3/h4-11,21-22,25,32H,12-19H2,1-3H3,(H,33,39)/t21-,25-/m0/s1. The molecule has 3 heterocycles. The molecular weight excluding hydrogens is 514 g/mol. The Morgan fingerprint density at radius 2 is 1.67 bits per heavy atom. The minimum absolute atomic E-state index is 0.0316. The highest BCUT2D eigenvalue weighted by Crippen LogP contribution is 2.43. The summed E-state index contributed by atoms with van der Waals surface area (Å²) < 4.78 is 0. The first kappa shape index (κ1) is 27.5. The molecule has 2 aromatic carbocycles. The van der Waals surface area contributed by atoms with Crippen LogP contribution in [0.25, 0.3) is 0 Å². The van der Waals surface area contributed by atoms with Crippen LogP contribution in [-0.2, 0) is 21.4 Å². The molecule has 208 valence electrons. The van der Waals surface area contributed by atoms with Crippen LogP contribution in [0.15, 0.2) is 48.5 Å². The summed E-state index contributed by atoms with van der Waals surface area (Å²) in [4.78, 5) is 45.9. The Labute approximate surface area is 235 Å². The fourth-order valence-electron chi connectivity index (χ4n) is 6.17. The number of likely N-dealkylation sites (tertiary alicyclic amines) is 2. The number of benzene rings is 2. The van der Waals surface area contributed by atoms with E-state index >= 15 is 0 Å². The Morgan fingerprint density at radius 1 is 1.00 bits per heavy atom. The Balaban J connectivity index is 1.29. The number of carbonyl (C=O) groups is 3. The van der Waals surface area contributed by atoms with Crippen LogP contribution in [0.5, 0.6) is 0 Å². The molecule has 4 amide bonds. The first-order valence-electron chi connectivity index (χ1n) is 13.9. The maximum absolute atomic E-state index is 13.8. The molecule has 2 atom stereocenters. The smallest absolute Gasteiger partial charge is 0.318 e. The molecular formula is C30H38ClN5O3. The van der Waals surface area contributed by atoms with Crippen LogP contribution in [-0.4, -0.2) is 79.0 Å². The molecule has 2 saturated heterocycles. The Morgan fingerprint density at radius 3 is 2.36 bits per heavy atom. The van der Waals surface area contributed by atoms with Gasteiger partial charge in [0.15, 0.2) is 0 Å². The quantitative estimate of drug-likeness (QED) is 0.575. The van der Waals surface area contributed by atoms with E-state index in [0.717, 1.165) is 23.2 Å². The maximum atomic E-state index is 13.8. The van der Waals surface area contributed by atoms with Crippen LogP contribution in [0.4, 0.5) is 10.5 Å². The van der Waals surface area contributed by atoms with Gasteiger partial charge < -0.3 is 25.3 Å². The second-order valence-corrected chi connectivity index (χ2v) is 11.8. The summed E-state index contributed by atoms with van der Waals surface area (Å²) in [7, 11) is 1.90. The number of rotatable bonds is 6. The molecule has 39 heavy (non-hydrogen) atoms. The number of anilines is 1. The number of halogens is 1. The zero-order valence-corrected chi connectivity index (χ0v) is 23.7. The Hall–Kier alpha value is -3.10. The maximum Gasteiger partial charge on any atom is 0.318 e. The topological polar surface area (TPSA) is 85.0 Å². The van der Waals surface area contributed by atoms with Gasteiger partial charge in [-0.3, -0.25) is 9.59 Å². The van der Waals surface area contributed by atoms with Crippen molar-refractivity contribution < 1.29 is 14.4 Å². The van der Waals surface area contributed by atoms with Crippen molar-refractivity contribution in [2.45, 2.75) is 63.1 Å². The number of fused-ring (bicyclic) bond motifs is 1. The molecule has 0 aliphatic carbocycles. The number of piperidine rings is 1. The zero-order chi connectivity index (χ0) is 27.7. The molecule has 0 spiro atoms. The third kappa shape index (κ3) is 5.37.